The van der Waals surface area contributed by atoms with Gasteiger partial charge in [0.15, 0.2) is 0 Å². The lowest BCUT2D eigenvalue weighted by Gasteiger charge is -2.22. The van der Waals surface area contributed by atoms with Crippen LogP contribution in [0.25, 0.3) is 0 Å². The molecule has 1 rings (SSSR count). The van der Waals surface area contributed by atoms with Crippen molar-refractivity contribution in [1.29, 1.82) is 0 Å². The molecule has 0 bridgehead atoms. The lowest BCUT2D eigenvalue weighted by atomic mass is 9.94. The van der Waals surface area contributed by atoms with Gasteiger partial charge in [-0.3, -0.25) is 4.79 Å². The van der Waals surface area contributed by atoms with Crippen LogP contribution in [-0.2, 0) is 11.2 Å². The molecule has 1 aromatic rings. The fourth-order valence-electron chi connectivity index (χ4n) is 2.19. The van der Waals surface area contributed by atoms with Crippen LogP contribution in [0.5, 0.6) is 0 Å². The molecule has 0 saturated carbocycles. The Morgan fingerprint density at radius 3 is 2.35 bits per heavy atom. The van der Waals surface area contributed by atoms with Gasteiger partial charge >= 0.3 is 0 Å². The zero-order chi connectivity index (χ0) is 15.1. The van der Waals surface area contributed by atoms with Crippen molar-refractivity contribution < 1.29 is 4.79 Å². The van der Waals surface area contributed by atoms with Gasteiger partial charge in [-0.2, -0.15) is 0 Å². The molecule has 0 aliphatic carbocycles. The zero-order valence-corrected chi connectivity index (χ0v) is 13.2. The summed E-state index contributed by atoms with van der Waals surface area (Å²) in [7, 11) is 0. The largest absolute Gasteiger partial charge is 0.393 e. The number of carbonyl (C=O) groups excluding carboxylic acids is 1. The summed E-state index contributed by atoms with van der Waals surface area (Å²) in [6.45, 7) is 5.92. The van der Waals surface area contributed by atoms with E-state index in [9.17, 15) is 4.79 Å². The van der Waals surface area contributed by atoms with E-state index < -0.39 is 0 Å². The first-order valence-electron chi connectivity index (χ1n) is 7.05. The molecule has 0 spiro atoms. The van der Waals surface area contributed by atoms with Crippen molar-refractivity contribution in [3.05, 3.63) is 35.9 Å². The topological polar surface area (TPSA) is 55.1 Å². The van der Waals surface area contributed by atoms with Crippen molar-refractivity contribution in [3.8, 4) is 0 Å². The highest BCUT2D eigenvalue weighted by atomic mass is 32.1. The smallest absolute Gasteiger partial charge is 0.230 e. The number of hydrogen-bond acceptors (Lipinski definition) is 2. The first kappa shape index (κ1) is 16.6. The van der Waals surface area contributed by atoms with Crippen LogP contribution >= 0.6 is 12.2 Å². The van der Waals surface area contributed by atoms with Crippen LogP contribution < -0.4 is 11.1 Å². The van der Waals surface area contributed by atoms with E-state index in [0.29, 0.717) is 0 Å². The fraction of sp³-hybridized carbons (Fsp3) is 0.500. The summed E-state index contributed by atoms with van der Waals surface area (Å²) in [5.41, 5.74) is 6.93. The predicted octanol–water partition coefficient (Wildman–Crippen LogP) is 2.68. The van der Waals surface area contributed by atoms with E-state index in [4.69, 9.17) is 18.0 Å². The van der Waals surface area contributed by atoms with Crippen LogP contribution in [0, 0.1) is 11.8 Å². The van der Waals surface area contributed by atoms with Crippen molar-refractivity contribution >= 4 is 23.1 Å². The van der Waals surface area contributed by atoms with E-state index in [2.05, 4.69) is 17.4 Å². The van der Waals surface area contributed by atoms with Crippen molar-refractivity contribution in [2.45, 2.75) is 39.7 Å². The summed E-state index contributed by atoms with van der Waals surface area (Å²) in [5.74, 6) is -0.328. The Morgan fingerprint density at radius 2 is 1.85 bits per heavy atom. The highest BCUT2D eigenvalue weighted by molar-refractivity contribution is 7.80. The van der Waals surface area contributed by atoms with Crippen molar-refractivity contribution in [2.24, 2.45) is 17.6 Å². The molecule has 0 aliphatic heterocycles. The molecular weight excluding hydrogens is 268 g/mol. The van der Waals surface area contributed by atoms with Gasteiger partial charge in [0, 0.05) is 6.04 Å². The molecule has 110 valence electrons. The molecule has 1 amide bonds. The fourth-order valence-corrected chi connectivity index (χ4v) is 2.57. The molecule has 2 atom stereocenters. The summed E-state index contributed by atoms with van der Waals surface area (Å²) in [5, 5.41) is 3.01. The van der Waals surface area contributed by atoms with Crippen LogP contribution in [0.3, 0.4) is 0 Å². The number of thiocarbonyl (C=S) groups is 1. The summed E-state index contributed by atoms with van der Waals surface area (Å²) in [4.78, 5) is 12.4. The number of nitrogens with two attached hydrogens (primary N) is 1. The van der Waals surface area contributed by atoms with Crippen LogP contribution in [0.4, 0.5) is 0 Å². The molecule has 20 heavy (non-hydrogen) atoms. The molecule has 0 heterocycles. The number of benzene rings is 1. The number of rotatable bonds is 7. The van der Waals surface area contributed by atoms with Crippen LogP contribution in [0.1, 0.15) is 32.8 Å². The standard InChI is InChI=1S/C16H24N2OS/c1-11(2)14(15(17)20)16(19)18-12(3)9-10-13-7-5-4-6-8-13/h4-8,11-12,14H,9-10H2,1-3H3,(H2,17,20)(H,18,19). The second kappa shape index (κ2) is 8.00. The number of hydrogen-bond donors (Lipinski definition) is 2. The van der Waals surface area contributed by atoms with E-state index in [1.54, 1.807) is 0 Å². The monoisotopic (exact) mass is 292 g/mol. The quantitative estimate of drug-likeness (QED) is 0.760. The Balaban J connectivity index is 2.47. The van der Waals surface area contributed by atoms with E-state index >= 15 is 0 Å². The third kappa shape index (κ3) is 5.29. The van der Waals surface area contributed by atoms with Crippen LogP contribution in [0.2, 0.25) is 0 Å². The highest BCUT2D eigenvalue weighted by Crippen LogP contribution is 2.12. The summed E-state index contributed by atoms with van der Waals surface area (Å²) >= 11 is 4.98. The molecule has 0 aliphatic rings. The minimum Gasteiger partial charge on any atom is -0.393 e. The molecule has 0 radical (unpaired) electrons. The second-order valence-corrected chi connectivity index (χ2v) is 6.03. The van der Waals surface area contributed by atoms with Gasteiger partial charge in [0.05, 0.1) is 10.9 Å². The lowest BCUT2D eigenvalue weighted by molar-refractivity contribution is -0.124. The van der Waals surface area contributed by atoms with Gasteiger partial charge in [-0.15, -0.1) is 0 Å². The van der Waals surface area contributed by atoms with Crippen LogP contribution in [-0.4, -0.2) is 16.9 Å². The normalized spacial score (nSPS) is 13.8. The lowest BCUT2D eigenvalue weighted by Crippen LogP contribution is -2.44. The van der Waals surface area contributed by atoms with Gasteiger partial charge in [0.1, 0.15) is 0 Å². The summed E-state index contributed by atoms with van der Waals surface area (Å²) < 4.78 is 0. The Morgan fingerprint density at radius 1 is 1.25 bits per heavy atom. The number of carbonyl (C=O) groups is 1. The van der Waals surface area contributed by atoms with Crippen molar-refractivity contribution in [3.63, 3.8) is 0 Å². The number of amides is 1. The molecule has 2 unspecified atom stereocenters. The van der Waals surface area contributed by atoms with Crippen molar-refractivity contribution in [2.75, 3.05) is 0 Å². The van der Waals surface area contributed by atoms with Gasteiger partial charge in [0.25, 0.3) is 0 Å². The molecule has 1 aromatic carbocycles. The third-order valence-electron chi connectivity index (χ3n) is 3.35. The molecule has 0 aromatic heterocycles. The van der Waals surface area contributed by atoms with E-state index in [1.807, 2.05) is 39.0 Å². The number of nitrogens with one attached hydrogen (secondary N) is 1. The van der Waals surface area contributed by atoms with Crippen molar-refractivity contribution in [1.82, 2.24) is 5.32 Å². The Labute approximate surface area is 126 Å². The first-order valence-corrected chi connectivity index (χ1v) is 7.46. The minimum absolute atomic E-state index is 0.0620. The Hall–Kier alpha value is -1.42. The molecule has 4 heteroatoms. The van der Waals surface area contributed by atoms with Gasteiger partial charge < -0.3 is 11.1 Å². The molecular formula is C16H24N2OS. The average Bonchev–Trinajstić information content (AvgIpc) is 2.36. The zero-order valence-electron chi connectivity index (χ0n) is 12.4. The SMILES string of the molecule is CC(CCc1ccccc1)NC(=O)C(C(N)=S)C(C)C. The average molecular weight is 292 g/mol. The number of aryl methyl sites for hydroxylation is 1. The Kier molecular flexibility index (Phi) is 6.65. The molecule has 0 fully saturated rings. The van der Waals surface area contributed by atoms with E-state index in [1.165, 1.54) is 5.56 Å². The molecule has 3 nitrogen and oxygen atoms in total. The molecule has 3 N–H and O–H groups in total. The maximum Gasteiger partial charge on any atom is 0.230 e. The highest BCUT2D eigenvalue weighted by Gasteiger charge is 2.25. The third-order valence-corrected chi connectivity index (χ3v) is 3.61. The van der Waals surface area contributed by atoms with Gasteiger partial charge in [-0.1, -0.05) is 56.4 Å². The minimum atomic E-state index is -0.385. The Bertz CT molecular complexity index is 445. The summed E-state index contributed by atoms with van der Waals surface area (Å²) in [6, 6.07) is 10.4. The van der Waals surface area contributed by atoms with E-state index in [0.717, 1.165) is 12.8 Å². The van der Waals surface area contributed by atoms with Gasteiger partial charge in [-0.05, 0) is 31.2 Å². The molecule has 0 saturated heterocycles. The van der Waals surface area contributed by atoms with Crippen LogP contribution in [0.15, 0.2) is 30.3 Å². The van der Waals surface area contributed by atoms with Gasteiger partial charge in [-0.25, -0.2) is 0 Å². The maximum atomic E-state index is 12.2. The summed E-state index contributed by atoms with van der Waals surface area (Å²) in [6.07, 6.45) is 1.85. The maximum absolute atomic E-state index is 12.2. The second-order valence-electron chi connectivity index (χ2n) is 5.56. The predicted molar refractivity (Wildman–Crippen MR) is 87.5 cm³/mol. The van der Waals surface area contributed by atoms with Gasteiger partial charge in [0.2, 0.25) is 5.91 Å². The van der Waals surface area contributed by atoms with E-state index in [-0.39, 0.29) is 28.8 Å². The first-order chi connectivity index (χ1) is 9.41.